The molecule has 3 aliphatic heterocycles. The van der Waals surface area contributed by atoms with Crippen molar-refractivity contribution in [2.24, 2.45) is 0 Å². The molecule has 0 radical (unpaired) electrons. The minimum absolute atomic E-state index is 0.341. The molecule has 1 atom stereocenters. The summed E-state index contributed by atoms with van der Waals surface area (Å²) >= 11 is 0. The summed E-state index contributed by atoms with van der Waals surface area (Å²) < 4.78 is 0. The molecule has 1 amide bonds. The first-order valence-corrected chi connectivity index (χ1v) is 7.78. The molecule has 5 heteroatoms. The van der Waals surface area contributed by atoms with Crippen molar-refractivity contribution >= 4 is 5.91 Å². The molecule has 1 unspecified atom stereocenters. The van der Waals surface area contributed by atoms with E-state index < -0.39 is 0 Å². The quantitative estimate of drug-likeness (QED) is 0.737. The number of carbonyl (C=O) groups excluding carboxylic acids is 1. The zero-order valence-corrected chi connectivity index (χ0v) is 11.8. The number of nitrogens with one attached hydrogen (secondary N) is 1. The van der Waals surface area contributed by atoms with Crippen molar-refractivity contribution in [3.63, 3.8) is 0 Å². The van der Waals surface area contributed by atoms with Crippen LogP contribution in [0.2, 0.25) is 0 Å². The minimum atomic E-state index is 0.341. The van der Waals surface area contributed by atoms with E-state index in [1.54, 1.807) is 0 Å². The molecular weight excluding hydrogens is 240 g/mol. The Morgan fingerprint density at radius 1 is 1.05 bits per heavy atom. The Morgan fingerprint density at radius 2 is 2.00 bits per heavy atom. The van der Waals surface area contributed by atoms with Crippen LogP contribution in [0.1, 0.15) is 19.3 Å². The largest absolute Gasteiger partial charge is 0.339 e. The van der Waals surface area contributed by atoms with Crippen LogP contribution in [0.5, 0.6) is 0 Å². The van der Waals surface area contributed by atoms with Gasteiger partial charge in [-0.25, -0.2) is 0 Å². The van der Waals surface area contributed by atoms with Gasteiger partial charge < -0.3 is 10.2 Å². The molecule has 3 rings (SSSR count). The first-order valence-electron chi connectivity index (χ1n) is 7.78. The van der Waals surface area contributed by atoms with Crippen molar-refractivity contribution in [3.05, 3.63) is 0 Å². The third-order valence-electron chi connectivity index (χ3n) is 4.73. The molecule has 0 bridgehead atoms. The third-order valence-corrected chi connectivity index (χ3v) is 4.73. The molecule has 0 aromatic rings. The van der Waals surface area contributed by atoms with Crippen LogP contribution in [0.4, 0.5) is 0 Å². The van der Waals surface area contributed by atoms with Gasteiger partial charge in [0.25, 0.3) is 0 Å². The van der Waals surface area contributed by atoms with Gasteiger partial charge in [-0.3, -0.25) is 14.6 Å². The van der Waals surface area contributed by atoms with Crippen molar-refractivity contribution in [2.75, 3.05) is 58.9 Å². The molecular formula is C14H26N4O. The number of hydrogen-bond acceptors (Lipinski definition) is 4. The smallest absolute Gasteiger partial charge is 0.236 e. The summed E-state index contributed by atoms with van der Waals surface area (Å²) in [5, 5.41) is 3.39. The maximum atomic E-state index is 12.4. The molecule has 0 saturated carbocycles. The highest BCUT2D eigenvalue weighted by atomic mass is 16.2. The van der Waals surface area contributed by atoms with Crippen molar-refractivity contribution < 1.29 is 4.79 Å². The second-order valence-electron chi connectivity index (χ2n) is 6.05. The molecule has 0 aliphatic carbocycles. The van der Waals surface area contributed by atoms with Gasteiger partial charge in [0.1, 0.15) is 0 Å². The Balaban J connectivity index is 1.49. The second kappa shape index (κ2) is 6.20. The Kier molecular flexibility index (Phi) is 4.35. The first-order chi connectivity index (χ1) is 9.33. The van der Waals surface area contributed by atoms with Gasteiger partial charge in [0.15, 0.2) is 0 Å². The fourth-order valence-corrected chi connectivity index (χ4v) is 3.57. The molecule has 3 heterocycles. The molecule has 0 aromatic carbocycles. The van der Waals surface area contributed by atoms with Crippen LogP contribution in [0.15, 0.2) is 0 Å². The van der Waals surface area contributed by atoms with Crippen LogP contribution in [0, 0.1) is 0 Å². The van der Waals surface area contributed by atoms with Crippen LogP contribution in [-0.2, 0) is 4.79 Å². The predicted molar refractivity (Wildman–Crippen MR) is 75.1 cm³/mol. The van der Waals surface area contributed by atoms with E-state index in [1.165, 1.54) is 19.4 Å². The van der Waals surface area contributed by atoms with Crippen molar-refractivity contribution in [1.82, 2.24) is 20.0 Å². The number of piperazine rings is 1. The summed E-state index contributed by atoms with van der Waals surface area (Å²) in [6.07, 6.45) is 3.74. The van der Waals surface area contributed by atoms with Gasteiger partial charge in [-0.1, -0.05) is 0 Å². The lowest BCUT2D eigenvalue weighted by Crippen LogP contribution is -2.54. The summed E-state index contributed by atoms with van der Waals surface area (Å²) in [6, 6.07) is 0.642. The summed E-state index contributed by atoms with van der Waals surface area (Å²) in [5.74, 6) is 0.341. The van der Waals surface area contributed by atoms with Gasteiger partial charge in [0, 0.05) is 38.8 Å². The van der Waals surface area contributed by atoms with Crippen molar-refractivity contribution in [2.45, 2.75) is 25.3 Å². The number of fused-ring (bicyclic) bond motifs is 1. The van der Waals surface area contributed by atoms with Gasteiger partial charge in [-0.05, 0) is 38.9 Å². The lowest BCUT2D eigenvalue weighted by atomic mass is 10.1. The molecule has 1 N–H and O–H groups in total. The normalized spacial score (nSPS) is 30.1. The second-order valence-corrected chi connectivity index (χ2v) is 6.05. The maximum absolute atomic E-state index is 12.4. The summed E-state index contributed by atoms with van der Waals surface area (Å²) in [4.78, 5) is 19.4. The molecule has 3 fully saturated rings. The standard InChI is InChI=1S/C14H26N4O/c19-14(12-16-6-2-4-15-5-8-16)18-10-9-17-7-1-3-13(17)11-18/h13,15H,1-12H2. The molecule has 5 nitrogen and oxygen atoms in total. The van der Waals surface area contributed by atoms with E-state index in [4.69, 9.17) is 0 Å². The maximum Gasteiger partial charge on any atom is 0.236 e. The van der Waals surface area contributed by atoms with Gasteiger partial charge in [-0.15, -0.1) is 0 Å². The Bertz CT molecular complexity index is 315. The molecule has 108 valence electrons. The highest BCUT2D eigenvalue weighted by molar-refractivity contribution is 5.78. The molecule has 19 heavy (non-hydrogen) atoms. The lowest BCUT2D eigenvalue weighted by Gasteiger charge is -2.38. The van der Waals surface area contributed by atoms with Crippen LogP contribution < -0.4 is 5.32 Å². The zero-order valence-electron chi connectivity index (χ0n) is 11.8. The van der Waals surface area contributed by atoms with Crippen LogP contribution in [0.25, 0.3) is 0 Å². The number of rotatable bonds is 2. The average molecular weight is 266 g/mol. The van der Waals surface area contributed by atoms with E-state index in [0.717, 1.165) is 52.2 Å². The van der Waals surface area contributed by atoms with Crippen LogP contribution in [-0.4, -0.2) is 85.6 Å². The number of hydrogen-bond donors (Lipinski definition) is 1. The van der Waals surface area contributed by atoms with E-state index in [-0.39, 0.29) is 0 Å². The minimum Gasteiger partial charge on any atom is -0.339 e. The number of nitrogens with zero attached hydrogens (tertiary/aromatic N) is 3. The molecule has 3 saturated heterocycles. The molecule has 0 spiro atoms. The Labute approximate surface area is 115 Å². The van der Waals surface area contributed by atoms with Gasteiger partial charge in [0.2, 0.25) is 5.91 Å². The highest BCUT2D eigenvalue weighted by Crippen LogP contribution is 2.21. The SMILES string of the molecule is O=C(CN1CCCNCC1)N1CCN2CCCC2C1. The monoisotopic (exact) mass is 266 g/mol. The molecule has 0 aromatic heterocycles. The number of amides is 1. The van der Waals surface area contributed by atoms with E-state index in [1.807, 2.05) is 0 Å². The van der Waals surface area contributed by atoms with Gasteiger partial charge in [-0.2, -0.15) is 0 Å². The number of carbonyl (C=O) groups is 1. The van der Waals surface area contributed by atoms with Crippen molar-refractivity contribution in [3.8, 4) is 0 Å². The third kappa shape index (κ3) is 3.27. The van der Waals surface area contributed by atoms with E-state index >= 15 is 0 Å². The fraction of sp³-hybridized carbons (Fsp3) is 0.929. The Hall–Kier alpha value is -0.650. The lowest BCUT2D eigenvalue weighted by molar-refractivity contribution is -0.135. The summed E-state index contributed by atoms with van der Waals surface area (Å²) in [5.41, 5.74) is 0. The predicted octanol–water partition coefficient (Wildman–Crippen LogP) is -0.412. The summed E-state index contributed by atoms with van der Waals surface area (Å²) in [6.45, 7) is 9.01. The van der Waals surface area contributed by atoms with Crippen LogP contribution >= 0.6 is 0 Å². The summed E-state index contributed by atoms with van der Waals surface area (Å²) in [7, 11) is 0. The molecule has 3 aliphatic rings. The van der Waals surface area contributed by atoms with E-state index in [0.29, 0.717) is 18.5 Å². The first kappa shape index (κ1) is 13.3. The fourth-order valence-electron chi connectivity index (χ4n) is 3.57. The van der Waals surface area contributed by atoms with Crippen LogP contribution in [0.3, 0.4) is 0 Å². The van der Waals surface area contributed by atoms with E-state index in [2.05, 4.69) is 20.0 Å². The highest BCUT2D eigenvalue weighted by Gasteiger charge is 2.32. The Morgan fingerprint density at radius 3 is 2.95 bits per heavy atom. The topological polar surface area (TPSA) is 38.8 Å². The van der Waals surface area contributed by atoms with E-state index in [9.17, 15) is 4.79 Å². The van der Waals surface area contributed by atoms with Gasteiger partial charge in [0.05, 0.1) is 6.54 Å². The average Bonchev–Trinajstić information content (AvgIpc) is 2.75. The van der Waals surface area contributed by atoms with Crippen molar-refractivity contribution in [1.29, 1.82) is 0 Å². The van der Waals surface area contributed by atoms with Gasteiger partial charge >= 0.3 is 0 Å². The zero-order chi connectivity index (χ0) is 13.1.